The molecule has 2 aromatic carbocycles. The maximum Gasteiger partial charge on any atom is 0.240 e. The number of aryl methyl sites for hydroxylation is 1. The lowest BCUT2D eigenvalue weighted by molar-refractivity contribution is 0.581. The second-order valence-corrected chi connectivity index (χ2v) is 6.92. The summed E-state index contributed by atoms with van der Waals surface area (Å²) in [6.07, 6.45) is 0. The fraction of sp³-hybridized carbons (Fsp3) is 0.200. The molecule has 2 aromatic rings. The molecule has 0 aliphatic carbocycles. The molecule has 0 spiro atoms. The van der Waals surface area contributed by atoms with E-state index in [-0.39, 0.29) is 6.54 Å². The van der Waals surface area contributed by atoms with Crippen molar-refractivity contribution in [3.63, 3.8) is 0 Å². The lowest BCUT2D eigenvalue weighted by Crippen LogP contribution is -2.23. The van der Waals surface area contributed by atoms with Gasteiger partial charge in [0.2, 0.25) is 10.0 Å². The van der Waals surface area contributed by atoms with E-state index in [0.717, 1.165) is 22.0 Å². The molecular weight excluding hydrogens is 338 g/mol. The summed E-state index contributed by atoms with van der Waals surface area (Å²) in [6.45, 7) is 2.16. The monoisotopic (exact) mass is 353 g/mol. The minimum Gasteiger partial charge on any atom is -0.207 e. The van der Waals surface area contributed by atoms with Gasteiger partial charge in [-0.3, -0.25) is 0 Å². The Bertz CT molecular complexity index is 699. The molecule has 0 aromatic heterocycles. The molecule has 3 nitrogen and oxygen atoms in total. The molecule has 0 atom stereocenters. The molecule has 0 bridgehead atoms. The van der Waals surface area contributed by atoms with Crippen LogP contribution in [0.5, 0.6) is 0 Å². The predicted molar refractivity (Wildman–Crippen MR) is 84.3 cm³/mol. The number of hydrogen-bond donors (Lipinski definition) is 1. The Labute approximate surface area is 128 Å². The van der Waals surface area contributed by atoms with Gasteiger partial charge in [0, 0.05) is 11.9 Å². The number of sulfonamides is 1. The van der Waals surface area contributed by atoms with E-state index < -0.39 is 10.0 Å². The molecule has 0 saturated heterocycles. The van der Waals surface area contributed by atoms with Crippen molar-refractivity contribution >= 4 is 26.0 Å². The Morgan fingerprint density at radius 3 is 2.45 bits per heavy atom. The Hall–Kier alpha value is -1.17. The van der Waals surface area contributed by atoms with Crippen molar-refractivity contribution in [3.8, 4) is 0 Å². The van der Waals surface area contributed by atoms with Crippen LogP contribution in [0.1, 0.15) is 16.7 Å². The van der Waals surface area contributed by atoms with E-state index in [9.17, 15) is 8.42 Å². The first-order valence-corrected chi connectivity index (χ1v) is 8.82. The van der Waals surface area contributed by atoms with E-state index in [1.807, 2.05) is 37.3 Å². The highest BCUT2D eigenvalue weighted by Gasteiger charge is 2.13. The Morgan fingerprint density at radius 2 is 1.75 bits per heavy atom. The summed E-state index contributed by atoms with van der Waals surface area (Å²) < 4.78 is 27.0. The number of hydrogen-bond acceptors (Lipinski definition) is 2. The maximum atomic E-state index is 12.2. The number of benzene rings is 2. The normalized spacial score (nSPS) is 11.5. The fourth-order valence-electron chi connectivity index (χ4n) is 1.87. The van der Waals surface area contributed by atoms with Crippen molar-refractivity contribution in [2.24, 2.45) is 0 Å². The highest BCUT2D eigenvalue weighted by Crippen LogP contribution is 2.13. The lowest BCUT2D eigenvalue weighted by atomic mass is 10.1. The van der Waals surface area contributed by atoms with Crippen molar-refractivity contribution in [2.75, 3.05) is 0 Å². The van der Waals surface area contributed by atoms with Crippen LogP contribution in [0.2, 0.25) is 0 Å². The molecule has 0 saturated carbocycles. The van der Waals surface area contributed by atoms with E-state index >= 15 is 0 Å². The van der Waals surface area contributed by atoms with E-state index in [1.54, 1.807) is 18.2 Å². The number of alkyl halides is 1. The van der Waals surface area contributed by atoms with Crippen LogP contribution in [0.25, 0.3) is 0 Å². The number of rotatable bonds is 5. The Kier molecular flexibility index (Phi) is 4.96. The van der Waals surface area contributed by atoms with Crippen molar-refractivity contribution in [1.29, 1.82) is 0 Å². The fourth-order valence-corrected chi connectivity index (χ4v) is 3.34. The van der Waals surface area contributed by atoms with Crippen LogP contribution in [0.4, 0.5) is 0 Å². The number of nitrogens with one attached hydrogen (secondary N) is 1. The van der Waals surface area contributed by atoms with Crippen LogP contribution in [-0.4, -0.2) is 8.42 Å². The zero-order chi connectivity index (χ0) is 14.6. The van der Waals surface area contributed by atoms with Gasteiger partial charge in [-0.15, -0.1) is 0 Å². The molecule has 1 N–H and O–H groups in total. The van der Waals surface area contributed by atoms with Gasteiger partial charge in [-0.2, -0.15) is 0 Å². The largest absolute Gasteiger partial charge is 0.240 e. The van der Waals surface area contributed by atoms with E-state index in [2.05, 4.69) is 20.7 Å². The van der Waals surface area contributed by atoms with Gasteiger partial charge in [-0.25, -0.2) is 13.1 Å². The molecule has 20 heavy (non-hydrogen) atoms. The zero-order valence-corrected chi connectivity index (χ0v) is 13.5. The Morgan fingerprint density at radius 1 is 1.05 bits per heavy atom. The van der Waals surface area contributed by atoms with Gasteiger partial charge < -0.3 is 0 Å². The third kappa shape index (κ3) is 3.91. The van der Waals surface area contributed by atoms with Crippen molar-refractivity contribution in [3.05, 3.63) is 65.2 Å². The summed E-state index contributed by atoms with van der Waals surface area (Å²) in [6, 6.07) is 14.7. The summed E-state index contributed by atoms with van der Waals surface area (Å²) in [5.74, 6) is 0. The van der Waals surface area contributed by atoms with Crippen molar-refractivity contribution in [1.82, 2.24) is 4.72 Å². The first-order chi connectivity index (χ1) is 9.51. The van der Waals surface area contributed by atoms with Gasteiger partial charge in [-0.1, -0.05) is 52.3 Å². The predicted octanol–water partition coefficient (Wildman–Crippen LogP) is 3.37. The topological polar surface area (TPSA) is 46.2 Å². The van der Waals surface area contributed by atoms with E-state index in [4.69, 9.17) is 0 Å². The Balaban J connectivity index is 2.13. The lowest BCUT2D eigenvalue weighted by Gasteiger charge is -2.08. The molecule has 106 valence electrons. The molecular formula is C15H16BrNO2S. The molecule has 0 fully saturated rings. The second-order valence-electron chi connectivity index (χ2n) is 4.59. The van der Waals surface area contributed by atoms with Gasteiger partial charge in [0.25, 0.3) is 0 Å². The first-order valence-electron chi connectivity index (χ1n) is 6.21. The third-order valence-electron chi connectivity index (χ3n) is 2.91. The molecule has 0 unspecified atom stereocenters. The summed E-state index contributed by atoms with van der Waals surface area (Å²) in [5.41, 5.74) is 2.99. The van der Waals surface area contributed by atoms with E-state index in [0.29, 0.717) is 4.90 Å². The molecule has 0 heterocycles. The minimum atomic E-state index is -3.46. The third-order valence-corrected chi connectivity index (χ3v) is 4.96. The van der Waals surface area contributed by atoms with Crippen molar-refractivity contribution < 1.29 is 8.42 Å². The highest BCUT2D eigenvalue weighted by atomic mass is 79.9. The summed E-state index contributed by atoms with van der Waals surface area (Å²) in [5, 5.41) is 0.755. The van der Waals surface area contributed by atoms with Gasteiger partial charge in [0.1, 0.15) is 0 Å². The minimum absolute atomic E-state index is 0.289. The summed E-state index contributed by atoms with van der Waals surface area (Å²) in [4.78, 5) is 0.300. The molecule has 0 aliphatic heterocycles. The van der Waals surface area contributed by atoms with Crippen LogP contribution < -0.4 is 4.72 Å². The van der Waals surface area contributed by atoms with Crippen LogP contribution >= 0.6 is 15.9 Å². The van der Waals surface area contributed by atoms with E-state index in [1.165, 1.54) is 0 Å². The molecule has 5 heteroatoms. The van der Waals surface area contributed by atoms with Gasteiger partial charge >= 0.3 is 0 Å². The number of halogens is 1. The van der Waals surface area contributed by atoms with Gasteiger partial charge in [-0.05, 0) is 35.7 Å². The van der Waals surface area contributed by atoms with Gasteiger partial charge in [0.05, 0.1) is 4.90 Å². The maximum absolute atomic E-state index is 12.2. The summed E-state index contributed by atoms with van der Waals surface area (Å²) >= 11 is 3.39. The highest BCUT2D eigenvalue weighted by molar-refractivity contribution is 9.08. The average Bonchev–Trinajstić information content (AvgIpc) is 2.45. The van der Waals surface area contributed by atoms with Gasteiger partial charge in [0.15, 0.2) is 0 Å². The molecule has 0 aliphatic rings. The van der Waals surface area contributed by atoms with Crippen LogP contribution in [0.3, 0.4) is 0 Å². The standard InChI is InChI=1S/C15H16BrNO2S/c1-12-4-2-7-15(8-12)20(18,19)17-11-14-6-3-5-13(9-14)10-16/h2-9,17H,10-11H2,1H3. The quantitative estimate of drug-likeness (QED) is 0.837. The van der Waals surface area contributed by atoms with Crippen LogP contribution in [0.15, 0.2) is 53.4 Å². The molecule has 0 amide bonds. The SMILES string of the molecule is Cc1cccc(S(=O)(=O)NCc2cccc(CBr)c2)c1. The van der Waals surface area contributed by atoms with Crippen molar-refractivity contribution in [2.45, 2.75) is 23.7 Å². The molecule has 0 radical (unpaired) electrons. The van der Waals surface area contributed by atoms with Crippen LogP contribution in [0, 0.1) is 6.92 Å². The second kappa shape index (κ2) is 6.52. The smallest absolute Gasteiger partial charge is 0.207 e. The summed E-state index contributed by atoms with van der Waals surface area (Å²) in [7, 11) is -3.46. The molecule has 2 rings (SSSR count). The zero-order valence-electron chi connectivity index (χ0n) is 11.1. The average molecular weight is 354 g/mol. The first kappa shape index (κ1) is 15.2. The van der Waals surface area contributed by atoms with Crippen LogP contribution in [-0.2, 0) is 21.9 Å².